The molecule has 0 aliphatic carbocycles. The van der Waals surface area contributed by atoms with E-state index in [2.05, 4.69) is 5.32 Å². The number of aliphatic carboxylic acids is 1. The molecule has 0 fully saturated rings. The third-order valence-electron chi connectivity index (χ3n) is 3.07. The largest absolute Gasteiger partial charge is 0.480 e. The Bertz CT molecular complexity index is 483. The number of carbonyl (C=O) groups excluding carboxylic acids is 1. The number of carboxylic acid groups (broad SMARTS) is 1. The molecule has 23 heavy (non-hydrogen) atoms. The zero-order valence-electron chi connectivity index (χ0n) is 13.1. The van der Waals surface area contributed by atoms with Gasteiger partial charge in [-0.3, -0.25) is 0 Å². The Morgan fingerprint density at radius 1 is 1.30 bits per heavy atom. The lowest BCUT2D eigenvalue weighted by Gasteiger charge is -2.15. The molecule has 3 N–H and O–H groups in total. The maximum Gasteiger partial charge on any atom is 0.408 e. The molecule has 2 unspecified atom stereocenters. The van der Waals surface area contributed by atoms with E-state index in [4.69, 9.17) is 14.9 Å². The van der Waals surface area contributed by atoms with Crippen molar-refractivity contribution < 1.29 is 24.5 Å². The normalized spacial score (nSPS) is 13.1. The van der Waals surface area contributed by atoms with Gasteiger partial charge >= 0.3 is 12.1 Å². The number of carbonyl (C=O) groups is 2. The van der Waals surface area contributed by atoms with E-state index in [1.54, 1.807) is 11.8 Å². The second-order valence-corrected chi connectivity index (χ2v) is 6.40. The van der Waals surface area contributed by atoms with E-state index in [1.807, 2.05) is 37.3 Å². The Balaban J connectivity index is 2.31. The number of benzene rings is 1. The minimum absolute atomic E-state index is 0.0990. The van der Waals surface area contributed by atoms with Gasteiger partial charge < -0.3 is 20.3 Å². The Kier molecular flexibility index (Phi) is 9.16. The van der Waals surface area contributed by atoms with Crippen LogP contribution in [-0.2, 0) is 16.1 Å². The highest BCUT2D eigenvalue weighted by Gasteiger charge is 2.20. The first-order valence-corrected chi connectivity index (χ1v) is 8.57. The Morgan fingerprint density at radius 3 is 2.61 bits per heavy atom. The van der Waals surface area contributed by atoms with E-state index in [9.17, 15) is 9.59 Å². The lowest BCUT2D eigenvalue weighted by atomic mass is 10.2. The van der Waals surface area contributed by atoms with Gasteiger partial charge in [0.2, 0.25) is 0 Å². The summed E-state index contributed by atoms with van der Waals surface area (Å²) in [7, 11) is 0. The van der Waals surface area contributed by atoms with Crippen LogP contribution in [0.15, 0.2) is 30.3 Å². The number of hydrogen-bond acceptors (Lipinski definition) is 5. The Hall–Kier alpha value is -1.73. The molecule has 0 aliphatic rings. The highest BCUT2D eigenvalue weighted by Crippen LogP contribution is 2.11. The molecule has 1 aromatic carbocycles. The molecule has 0 radical (unpaired) electrons. The average molecular weight is 341 g/mol. The van der Waals surface area contributed by atoms with Gasteiger partial charge in [0.15, 0.2) is 0 Å². The summed E-state index contributed by atoms with van der Waals surface area (Å²) in [6.45, 7) is 2.13. The average Bonchev–Trinajstić information content (AvgIpc) is 2.56. The van der Waals surface area contributed by atoms with Crippen molar-refractivity contribution in [2.45, 2.75) is 26.0 Å². The van der Waals surface area contributed by atoms with Crippen molar-refractivity contribution in [2.75, 3.05) is 18.1 Å². The SMILES string of the molecule is CC(CO)CSCCC(NC(=O)OCc1ccccc1)C(=O)O. The molecule has 0 saturated carbocycles. The van der Waals surface area contributed by atoms with Crippen molar-refractivity contribution in [2.24, 2.45) is 5.92 Å². The number of alkyl carbamates (subject to hydrolysis) is 1. The van der Waals surface area contributed by atoms with Gasteiger partial charge in [0.05, 0.1) is 0 Å². The highest BCUT2D eigenvalue weighted by atomic mass is 32.2. The van der Waals surface area contributed by atoms with E-state index < -0.39 is 18.1 Å². The Morgan fingerprint density at radius 2 is 2.00 bits per heavy atom. The number of thioether (sulfide) groups is 1. The number of amides is 1. The van der Waals surface area contributed by atoms with Gasteiger partial charge in [0.25, 0.3) is 0 Å². The summed E-state index contributed by atoms with van der Waals surface area (Å²) in [6.07, 6.45) is -0.437. The molecule has 0 bridgehead atoms. The van der Waals surface area contributed by atoms with Crippen LogP contribution in [0.2, 0.25) is 0 Å². The van der Waals surface area contributed by atoms with Gasteiger partial charge in [0.1, 0.15) is 12.6 Å². The highest BCUT2D eigenvalue weighted by molar-refractivity contribution is 7.99. The van der Waals surface area contributed by atoms with Crippen LogP contribution in [0.1, 0.15) is 18.9 Å². The summed E-state index contributed by atoms with van der Waals surface area (Å²) in [4.78, 5) is 22.9. The topological polar surface area (TPSA) is 95.9 Å². The molecule has 7 heteroatoms. The van der Waals surface area contributed by atoms with Gasteiger partial charge in [-0.05, 0) is 29.4 Å². The van der Waals surface area contributed by atoms with Crippen LogP contribution in [0.5, 0.6) is 0 Å². The van der Waals surface area contributed by atoms with Crippen molar-refractivity contribution in [1.82, 2.24) is 5.32 Å². The monoisotopic (exact) mass is 341 g/mol. The number of aliphatic hydroxyl groups is 1. The summed E-state index contributed by atoms with van der Waals surface area (Å²) >= 11 is 1.55. The van der Waals surface area contributed by atoms with E-state index in [1.165, 1.54) is 0 Å². The summed E-state index contributed by atoms with van der Waals surface area (Å²) < 4.78 is 5.02. The third-order valence-corrected chi connectivity index (χ3v) is 4.40. The first-order valence-electron chi connectivity index (χ1n) is 7.41. The van der Waals surface area contributed by atoms with Gasteiger partial charge in [-0.2, -0.15) is 11.8 Å². The second-order valence-electron chi connectivity index (χ2n) is 5.25. The maximum atomic E-state index is 11.7. The van der Waals surface area contributed by atoms with Crippen LogP contribution in [-0.4, -0.2) is 46.4 Å². The molecular weight excluding hydrogens is 318 g/mol. The first kappa shape index (κ1) is 19.3. The molecular formula is C16H23NO5S. The first-order chi connectivity index (χ1) is 11.0. The van der Waals surface area contributed by atoms with Crippen LogP contribution in [0, 0.1) is 5.92 Å². The lowest BCUT2D eigenvalue weighted by Crippen LogP contribution is -2.41. The lowest BCUT2D eigenvalue weighted by molar-refractivity contribution is -0.139. The zero-order valence-corrected chi connectivity index (χ0v) is 13.9. The van der Waals surface area contributed by atoms with Gasteiger partial charge in [-0.15, -0.1) is 0 Å². The number of rotatable bonds is 10. The number of nitrogens with one attached hydrogen (secondary N) is 1. The minimum atomic E-state index is -1.09. The molecule has 6 nitrogen and oxygen atoms in total. The molecule has 1 aromatic rings. The van der Waals surface area contributed by atoms with Crippen molar-refractivity contribution in [3.05, 3.63) is 35.9 Å². The number of aliphatic hydroxyl groups excluding tert-OH is 1. The van der Waals surface area contributed by atoms with Gasteiger partial charge in [-0.25, -0.2) is 9.59 Å². The van der Waals surface area contributed by atoms with Crippen molar-refractivity contribution >= 4 is 23.8 Å². The molecule has 0 aliphatic heterocycles. The van der Waals surface area contributed by atoms with Crippen LogP contribution >= 0.6 is 11.8 Å². The van der Waals surface area contributed by atoms with Gasteiger partial charge in [-0.1, -0.05) is 37.3 Å². The summed E-state index contributed by atoms with van der Waals surface area (Å²) in [5.41, 5.74) is 0.836. The fourth-order valence-electron chi connectivity index (χ4n) is 1.70. The third kappa shape index (κ3) is 8.47. The predicted molar refractivity (Wildman–Crippen MR) is 89.4 cm³/mol. The second kappa shape index (κ2) is 10.9. The van der Waals surface area contributed by atoms with Crippen LogP contribution in [0.25, 0.3) is 0 Å². The molecule has 0 saturated heterocycles. The number of carboxylic acids is 1. The molecule has 2 atom stereocenters. The van der Waals surface area contributed by atoms with E-state index in [-0.39, 0.29) is 19.1 Å². The van der Waals surface area contributed by atoms with Crippen molar-refractivity contribution in [3.63, 3.8) is 0 Å². The molecule has 1 rings (SSSR count). The number of ether oxygens (including phenoxy) is 1. The van der Waals surface area contributed by atoms with Crippen LogP contribution in [0.3, 0.4) is 0 Å². The van der Waals surface area contributed by atoms with E-state index >= 15 is 0 Å². The van der Waals surface area contributed by atoms with Crippen molar-refractivity contribution in [1.29, 1.82) is 0 Å². The minimum Gasteiger partial charge on any atom is -0.480 e. The Labute approximate surface area is 140 Å². The standard InChI is InChI=1S/C16H23NO5S/c1-12(9-18)11-23-8-7-14(15(19)20)17-16(21)22-10-13-5-3-2-4-6-13/h2-6,12,14,18H,7-11H2,1H3,(H,17,21)(H,19,20). The summed E-state index contributed by atoms with van der Waals surface area (Å²) in [5, 5.41) is 20.4. The van der Waals surface area contributed by atoms with E-state index in [0.717, 1.165) is 11.3 Å². The van der Waals surface area contributed by atoms with Crippen molar-refractivity contribution in [3.8, 4) is 0 Å². The molecule has 0 aromatic heterocycles. The fraction of sp³-hybridized carbons (Fsp3) is 0.500. The van der Waals surface area contributed by atoms with Crippen LogP contribution < -0.4 is 5.32 Å². The smallest absolute Gasteiger partial charge is 0.408 e. The fourth-order valence-corrected chi connectivity index (χ4v) is 2.78. The summed E-state index contributed by atoms with van der Waals surface area (Å²) in [6, 6.07) is 8.19. The quantitative estimate of drug-likeness (QED) is 0.564. The van der Waals surface area contributed by atoms with E-state index in [0.29, 0.717) is 12.2 Å². The van der Waals surface area contributed by atoms with Crippen LogP contribution in [0.4, 0.5) is 4.79 Å². The molecule has 128 valence electrons. The molecule has 0 heterocycles. The van der Waals surface area contributed by atoms with Gasteiger partial charge in [0, 0.05) is 6.61 Å². The molecule has 1 amide bonds. The zero-order chi connectivity index (χ0) is 17.1. The number of hydrogen-bond donors (Lipinski definition) is 3. The predicted octanol–water partition coefficient (Wildman–Crippen LogP) is 2.12. The maximum absolute atomic E-state index is 11.7. The summed E-state index contributed by atoms with van der Waals surface area (Å²) in [5.74, 6) is 0.422. The molecule has 0 spiro atoms.